The molecule has 0 aromatic heterocycles. The van der Waals surface area contributed by atoms with Gasteiger partial charge in [-0.2, -0.15) is 0 Å². The van der Waals surface area contributed by atoms with E-state index in [-0.39, 0.29) is 0 Å². The number of nitrogens with one attached hydrogen (secondary N) is 1. The first-order chi connectivity index (χ1) is 3.31. The van der Waals surface area contributed by atoms with Crippen LogP contribution < -0.4 is 0 Å². The van der Waals surface area contributed by atoms with Crippen LogP contribution in [0.2, 0.25) is 0 Å². The van der Waals surface area contributed by atoms with E-state index >= 15 is 0 Å². The summed E-state index contributed by atoms with van der Waals surface area (Å²) in [4.78, 5) is 3.92. The van der Waals surface area contributed by atoms with Gasteiger partial charge in [0.2, 0.25) is 0 Å². The Kier molecular flexibility index (Phi) is 3.19. The smallest absolute Gasteiger partial charge is 0.0492 e. The molecule has 2 nitrogen and oxygen atoms in total. The van der Waals surface area contributed by atoms with Crippen molar-refractivity contribution in [3.8, 4) is 0 Å². The fraction of sp³-hybridized carbons (Fsp3) is 0.600. The van der Waals surface area contributed by atoms with E-state index < -0.39 is 0 Å². The molecule has 0 spiro atoms. The molecule has 0 aromatic rings. The molecule has 0 atom stereocenters. The van der Waals surface area contributed by atoms with E-state index in [0.717, 1.165) is 12.3 Å². The predicted molar refractivity (Wildman–Crippen MR) is 32.4 cm³/mol. The molecule has 0 aromatic carbocycles. The van der Waals surface area contributed by atoms with Crippen LogP contribution in [-0.4, -0.2) is 18.5 Å². The Hall–Kier alpha value is -0.660. The van der Waals surface area contributed by atoms with E-state index in [1.165, 1.54) is 6.21 Å². The Morgan fingerprint density at radius 2 is 2.43 bits per heavy atom. The number of nitrogens with zero attached hydrogens (tertiary/aromatic N) is 1. The molecular formula is C5H10N2. The normalized spacial score (nSPS) is 11.4. The average Bonchev–Trinajstić information content (AvgIpc) is 1.68. The summed E-state index contributed by atoms with van der Waals surface area (Å²) in [7, 11) is 0. The van der Waals surface area contributed by atoms with E-state index in [1.54, 1.807) is 0 Å². The lowest BCUT2D eigenvalue weighted by Crippen LogP contribution is -1.90. The monoisotopic (exact) mass is 98.1 g/mol. The molecule has 40 valence electrons. The lowest BCUT2D eigenvalue weighted by molar-refractivity contribution is 1.13. The van der Waals surface area contributed by atoms with Gasteiger partial charge in [-0.3, -0.25) is 4.99 Å². The lowest BCUT2D eigenvalue weighted by Gasteiger charge is -1.82. The Balaban J connectivity index is 3.49. The molecule has 2 heteroatoms. The highest BCUT2D eigenvalue weighted by Gasteiger charge is 1.74. The van der Waals surface area contributed by atoms with E-state index in [0.29, 0.717) is 0 Å². The summed E-state index contributed by atoms with van der Waals surface area (Å²) in [6.07, 6.45) is 1.25. The third kappa shape index (κ3) is 3.16. The molecule has 0 saturated heterocycles. The van der Waals surface area contributed by atoms with Gasteiger partial charge in [0.15, 0.2) is 0 Å². The minimum atomic E-state index is 0.779. The molecule has 0 heterocycles. The van der Waals surface area contributed by atoms with Crippen molar-refractivity contribution in [3.05, 3.63) is 0 Å². The Labute approximate surface area is 43.8 Å². The zero-order chi connectivity index (χ0) is 5.70. The van der Waals surface area contributed by atoms with Gasteiger partial charge in [0.05, 0.1) is 0 Å². The van der Waals surface area contributed by atoms with Gasteiger partial charge in [0.1, 0.15) is 0 Å². The highest BCUT2D eigenvalue weighted by atomic mass is 14.7. The first-order valence-electron chi connectivity index (χ1n) is 2.32. The molecule has 7 heavy (non-hydrogen) atoms. The van der Waals surface area contributed by atoms with Crippen LogP contribution >= 0.6 is 0 Å². The molecule has 0 unspecified atom stereocenters. The second-order valence-corrected chi connectivity index (χ2v) is 1.26. The molecular weight excluding hydrogens is 88.1 g/mol. The van der Waals surface area contributed by atoms with Gasteiger partial charge in [-0.1, -0.05) is 0 Å². The molecule has 0 fully saturated rings. The maximum absolute atomic E-state index is 6.66. The molecule has 0 radical (unpaired) electrons. The Bertz CT molecular complexity index is 84.1. The first-order valence-corrected chi connectivity index (χ1v) is 2.32. The second-order valence-electron chi connectivity index (χ2n) is 1.26. The fourth-order valence-corrected chi connectivity index (χ4v) is 0.295. The van der Waals surface area contributed by atoms with Crippen LogP contribution in [0.5, 0.6) is 0 Å². The highest BCUT2D eigenvalue weighted by molar-refractivity contribution is 6.28. The molecule has 0 bridgehead atoms. The van der Waals surface area contributed by atoms with Crippen molar-refractivity contribution in [1.82, 2.24) is 0 Å². The third-order valence-electron chi connectivity index (χ3n) is 0.616. The molecule has 0 aliphatic heterocycles. The summed E-state index contributed by atoms with van der Waals surface area (Å²) in [5, 5.41) is 6.66. The highest BCUT2D eigenvalue weighted by Crippen LogP contribution is 1.69. The van der Waals surface area contributed by atoms with Gasteiger partial charge in [0.25, 0.3) is 0 Å². The van der Waals surface area contributed by atoms with Crippen molar-refractivity contribution >= 4 is 11.9 Å². The van der Waals surface area contributed by atoms with Crippen LogP contribution in [0.3, 0.4) is 0 Å². The molecule has 0 amide bonds. The van der Waals surface area contributed by atoms with Crippen molar-refractivity contribution < 1.29 is 0 Å². The standard InChI is InChI=1S/C5H10N2/c1-3-7-5(2)4-6/h4,6H,3H2,1-2H3. The van der Waals surface area contributed by atoms with E-state index in [4.69, 9.17) is 5.41 Å². The SMILES string of the molecule is CCN=C(C)C=N. The van der Waals surface area contributed by atoms with Gasteiger partial charge < -0.3 is 5.41 Å². The van der Waals surface area contributed by atoms with Crippen LogP contribution in [-0.2, 0) is 0 Å². The molecule has 0 aliphatic carbocycles. The Morgan fingerprint density at radius 1 is 1.86 bits per heavy atom. The lowest BCUT2D eigenvalue weighted by atomic mass is 10.5. The molecule has 1 N–H and O–H groups in total. The average molecular weight is 98.1 g/mol. The number of hydrogen-bond acceptors (Lipinski definition) is 2. The molecule has 0 aliphatic rings. The zero-order valence-electron chi connectivity index (χ0n) is 4.73. The summed E-state index contributed by atoms with van der Waals surface area (Å²) in [6, 6.07) is 0. The zero-order valence-corrected chi connectivity index (χ0v) is 4.73. The first kappa shape index (κ1) is 6.34. The summed E-state index contributed by atoms with van der Waals surface area (Å²) in [5.41, 5.74) is 0.794. The van der Waals surface area contributed by atoms with Gasteiger partial charge in [-0.25, -0.2) is 0 Å². The van der Waals surface area contributed by atoms with Crippen molar-refractivity contribution in [1.29, 1.82) is 5.41 Å². The topological polar surface area (TPSA) is 36.2 Å². The van der Waals surface area contributed by atoms with Gasteiger partial charge in [-0.05, 0) is 13.8 Å². The minimum Gasteiger partial charge on any atom is -0.307 e. The fourth-order valence-electron chi connectivity index (χ4n) is 0.295. The van der Waals surface area contributed by atoms with E-state index in [1.807, 2.05) is 13.8 Å². The molecule has 0 saturated carbocycles. The summed E-state index contributed by atoms with van der Waals surface area (Å²) >= 11 is 0. The number of rotatable bonds is 2. The predicted octanol–water partition coefficient (Wildman–Crippen LogP) is 1.12. The molecule has 0 rings (SSSR count). The van der Waals surface area contributed by atoms with Crippen LogP contribution in [0.4, 0.5) is 0 Å². The number of aliphatic imine (C=N–C) groups is 1. The van der Waals surface area contributed by atoms with E-state index in [9.17, 15) is 0 Å². The van der Waals surface area contributed by atoms with Gasteiger partial charge >= 0.3 is 0 Å². The summed E-state index contributed by atoms with van der Waals surface area (Å²) < 4.78 is 0. The third-order valence-corrected chi connectivity index (χ3v) is 0.616. The van der Waals surface area contributed by atoms with Crippen LogP contribution in [0.1, 0.15) is 13.8 Å². The number of hydrogen-bond donors (Lipinski definition) is 1. The summed E-state index contributed by atoms with van der Waals surface area (Å²) in [5.74, 6) is 0. The van der Waals surface area contributed by atoms with Gasteiger partial charge in [0, 0.05) is 18.5 Å². The van der Waals surface area contributed by atoms with Crippen molar-refractivity contribution in [2.75, 3.05) is 6.54 Å². The van der Waals surface area contributed by atoms with E-state index in [2.05, 4.69) is 4.99 Å². The largest absolute Gasteiger partial charge is 0.307 e. The Morgan fingerprint density at radius 3 is 2.57 bits per heavy atom. The van der Waals surface area contributed by atoms with Crippen molar-refractivity contribution in [3.63, 3.8) is 0 Å². The second kappa shape index (κ2) is 3.53. The van der Waals surface area contributed by atoms with Crippen LogP contribution in [0.25, 0.3) is 0 Å². The summed E-state index contributed by atoms with van der Waals surface area (Å²) in [6.45, 7) is 4.55. The maximum atomic E-state index is 6.66. The quantitative estimate of drug-likeness (QED) is 0.502. The maximum Gasteiger partial charge on any atom is 0.0492 e. The minimum absolute atomic E-state index is 0.779. The van der Waals surface area contributed by atoms with Crippen molar-refractivity contribution in [2.24, 2.45) is 4.99 Å². The van der Waals surface area contributed by atoms with Crippen LogP contribution in [0.15, 0.2) is 4.99 Å². The van der Waals surface area contributed by atoms with Gasteiger partial charge in [-0.15, -0.1) is 0 Å². The van der Waals surface area contributed by atoms with Crippen LogP contribution in [0, 0.1) is 5.41 Å². The van der Waals surface area contributed by atoms with Crippen molar-refractivity contribution in [2.45, 2.75) is 13.8 Å².